The number of para-hydroxylation sites is 1. The molecule has 1 aliphatic carbocycles. The van der Waals surface area contributed by atoms with Crippen LogP contribution in [0.3, 0.4) is 0 Å². The minimum absolute atomic E-state index is 0.00108. The molecule has 1 aromatic carbocycles. The maximum absolute atomic E-state index is 12.6. The van der Waals surface area contributed by atoms with Gasteiger partial charge in [0.1, 0.15) is 11.4 Å². The lowest BCUT2D eigenvalue weighted by Crippen LogP contribution is -2.49. The van der Waals surface area contributed by atoms with Gasteiger partial charge in [0.2, 0.25) is 5.91 Å². The molecule has 6 heteroatoms. The summed E-state index contributed by atoms with van der Waals surface area (Å²) in [7, 11) is 1.83. The Morgan fingerprint density at radius 2 is 1.93 bits per heavy atom. The van der Waals surface area contributed by atoms with Crippen LogP contribution in [0.5, 0.6) is 5.75 Å². The van der Waals surface area contributed by atoms with Crippen molar-refractivity contribution in [3.63, 3.8) is 0 Å². The van der Waals surface area contributed by atoms with E-state index in [1.54, 1.807) is 17.3 Å². The fraction of sp³-hybridized carbons (Fsp3) is 0.435. The third kappa shape index (κ3) is 4.26. The summed E-state index contributed by atoms with van der Waals surface area (Å²) in [4.78, 5) is 31.0. The van der Waals surface area contributed by atoms with Crippen molar-refractivity contribution < 1.29 is 14.3 Å². The summed E-state index contributed by atoms with van der Waals surface area (Å²) in [5, 5.41) is 3.07. The Bertz CT molecular complexity index is 876. The molecule has 152 valence electrons. The molecule has 1 saturated carbocycles. The van der Waals surface area contributed by atoms with E-state index in [1.165, 1.54) is 5.56 Å². The molecule has 0 saturated heterocycles. The molecule has 2 aliphatic rings. The van der Waals surface area contributed by atoms with Crippen molar-refractivity contribution in [3.05, 3.63) is 59.9 Å². The van der Waals surface area contributed by atoms with Gasteiger partial charge >= 0.3 is 0 Å². The molecule has 0 unspecified atom stereocenters. The predicted molar refractivity (Wildman–Crippen MR) is 110 cm³/mol. The number of hydrogen-bond donors (Lipinski definition) is 1. The van der Waals surface area contributed by atoms with E-state index >= 15 is 0 Å². The van der Waals surface area contributed by atoms with Crippen molar-refractivity contribution in [2.75, 3.05) is 20.1 Å². The number of likely N-dealkylation sites (N-methyl/N-ethyl adjacent to an activating group) is 1. The van der Waals surface area contributed by atoms with Crippen LogP contribution in [0.25, 0.3) is 0 Å². The van der Waals surface area contributed by atoms with Gasteiger partial charge in [-0.1, -0.05) is 12.1 Å². The molecule has 0 bridgehead atoms. The molecule has 1 spiro atoms. The third-order valence-corrected chi connectivity index (χ3v) is 6.05. The monoisotopic (exact) mass is 393 g/mol. The molecule has 6 nitrogen and oxygen atoms in total. The first kappa shape index (κ1) is 19.4. The molecule has 2 aromatic rings. The minimum atomic E-state index is -0.412. The van der Waals surface area contributed by atoms with Crippen LogP contribution in [0.1, 0.15) is 41.6 Å². The molecule has 1 aliphatic heterocycles. The highest BCUT2D eigenvalue weighted by Crippen LogP contribution is 2.39. The van der Waals surface area contributed by atoms with E-state index < -0.39 is 5.60 Å². The number of aromatic nitrogens is 1. The highest BCUT2D eigenvalue weighted by molar-refractivity contribution is 5.97. The van der Waals surface area contributed by atoms with Crippen molar-refractivity contribution in [1.82, 2.24) is 15.2 Å². The van der Waals surface area contributed by atoms with Crippen LogP contribution >= 0.6 is 0 Å². The van der Waals surface area contributed by atoms with Gasteiger partial charge in [0.25, 0.3) is 5.91 Å². The summed E-state index contributed by atoms with van der Waals surface area (Å²) in [5.41, 5.74) is 1.37. The Morgan fingerprint density at radius 3 is 2.69 bits per heavy atom. The Kier molecular flexibility index (Phi) is 5.51. The van der Waals surface area contributed by atoms with Crippen LogP contribution in [-0.2, 0) is 11.2 Å². The Balaban J connectivity index is 1.35. The molecule has 1 N–H and O–H groups in total. The molecule has 2 amide bonds. The summed E-state index contributed by atoms with van der Waals surface area (Å²) in [6, 6.07) is 11.4. The average Bonchev–Trinajstić information content (AvgIpc) is 2.84. The summed E-state index contributed by atoms with van der Waals surface area (Å²) in [6.07, 6.45) is 7.41. The molecular weight excluding hydrogens is 366 g/mol. The maximum Gasteiger partial charge on any atom is 0.257 e. The number of carbonyl (C=O) groups excluding carboxylic acids is 2. The molecule has 0 atom stereocenters. The summed E-state index contributed by atoms with van der Waals surface area (Å²) >= 11 is 0. The number of amides is 2. The van der Waals surface area contributed by atoms with E-state index in [0.717, 1.165) is 32.1 Å². The summed E-state index contributed by atoms with van der Waals surface area (Å²) in [5.74, 6) is 0.768. The van der Waals surface area contributed by atoms with E-state index in [1.807, 2.05) is 43.4 Å². The lowest BCUT2D eigenvalue weighted by molar-refractivity contribution is -0.127. The van der Waals surface area contributed by atoms with Crippen molar-refractivity contribution >= 4 is 11.8 Å². The van der Waals surface area contributed by atoms with E-state index in [9.17, 15) is 9.59 Å². The quantitative estimate of drug-likeness (QED) is 0.867. The molecular formula is C23H27N3O3. The summed E-state index contributed by atoms with van der Waals surface area (Å²) in [6.45, 7) is 1.18. The second-order valence-corrected chi connectivity index (χ2v) is 8.11. The third-order valence-electron chi connectivity index (χ3n) is 6.05. The van der Waals surface area contributed by atoms with Crippen LogP contribution in [0.15, 0.2) is 48.8 Å². The average molecular weight is 393 g/mol. The zero-order chi connectivity index (χ0) is 20.3. The molecule has 4 rings (SSSR count). The van der Waals surface area contributed by atoms with Crippen LogP contribution in [-0.4, -0.2) is 47.4 Å². The number of nitrogens with zero attached hydrogens (tertiary/aromatic N) is 2. The van der Waals surface area contributed by atoms with E-state index in [-0.39, 0.29) is 17.7 Å². The fourth-order valence-corrected chi connectivity index (χ4v) is 4.40. The van der Waals surface area contributed by atoms with E-state index in [4.69, 9.17) is 4.74 Å². The topological polar surface area (TPSA) is 71.5 Å². The second-order valence-electron chi connectivity index (χ2n) is 8.11. The standard InChI is InChI=1S/C23H27N3O3/c1-26-16-23(29-20-5-3-2-4-19(20)22(26)28)11-6-18(7-12-23)21(27)25-15-10-17-8-13-24-14-9-17/h2-5,8-9,13-14,18H,6-7,10-12,15-16H2,1H3,(H,25,27). The highest BCUT2D eigenvalue weighted by Gasteiger charge is 2.43. The molecule has 2 heterocycles. The fourth-order valence-electron chi connectivity index (χ4n) is 4.40. The lowest BCUT2D eigenvalue weighted by Gasteiger charge is -2.40. The van der Waals surface area contributed by atoms with E-state index in [2.05, 4.69) is 10.3 Å². The predicted octanol–water partition coefficient (Wildman–Crippen LogP) is 2.83. The first-order valence-corrected chi connectivity index (χ1v) is 10.3. The smallest absolute Gasteiger partial charge is 0.257 e. The van der Waals surface area contributed by atoms with Crippen LogP contribution in [0.2, 0.25) is 0 Å². The highest BCUT2D eigenvalue weighted by atomic mass is 16.5. The molecule has 1 aromatic heterocycles. The normalized spacial score (nSPS) is 23.8. The lowest BCUT2D eigenvalue weighted by atomic mass is 9.78. The maximum atomic E-state index is 12.6. The van der Waals surface area contributed by atoms with Gasteiger partial charge in [-0.2, -0.15) is 0 Å². The van der Waals surface area contributed by atoms with Gasteiger partial charge in [-0.25, -0.2) is 0 Å². The minimum Gasteiger partial charge on any atom is -0.485 e. The molecule has 0 radical (unpaired) electrons. The van der Waals surface area contributed by atoms with Crippen molar-refractivity contribution in [3.8, 4) is 5.75 Å². The summed E-state index contributed by atoms with van der Waals surface area (Å²) < 4.78 is 6.39. The van der Waals surface area contributed by atoms with Gasteiger partial charge in [0.15, 0.2) is 0 Å². The Labute approximate surface area is 171 Å². The number of pyridine rings is 1. The Morgan fingerprint density at radius 1 is 1.21 bits per heavy atom. The van der Waals surface area contributed by atoms with Crippen LogP contribution in [0, 0.1) is 5.92 Å². The van der Waals surface area contributed by atoms with Crippen LogP contribution < -0.4 is 10.1 Å². The van der Waals surface area contributed by atoms with Crippen molar-refractivity contribution in [2.45, 2.75) is 37.7 Å². The number of hydrogen-bond acceptors (Lipinski definition) is 4. The van der Waals surface area contributed by atoms with Crippen molar-refractivity contribution in [1.29, 1.82) is 0 Å². The zero-order valence-electron chi connectivity index (χ0n) is 16.8. The second kappa shape index (κ2) is 8.23. The van der Waals surface area contributed by atoms with E-state index in [0.29, 0.717) is 24.4 Å². The largest absolute Gasteiger partial charge is 0.485 e. The van der Waals surface area contributed by atoms with Gasteiger partial charge in [0.05, 0.1) is 12.1 Å². The van der Waals surface area contributed by atoms with Gasteiger partial charge < -0.3 is 15.0 Å². The number of benzene rings is 1. The first-order valence-electron chi connectivity index (χ1n) is 10.3. The number of ether oxygens (including phenoxy) is 1. The Hall–Kier alpha value is -2.89. The van der Waals surface area contributed by atoms with Gasteiger partial charge in [0, 0.05) is 31.9 Å². The van der Waals surface area contributed by atoms with Gasteiger partial charge in [-0.15, -0.1) is 0 Å². The van der Waals surface area contributed by atoms with Crippen LogP contribution in [0.4, 0.5) is 0 Å². The number of nitrogens with one attached hydrogen (secondary N) is 1. The number of rotatable bonds is 4. The SMILES string of the molecule is CN1CC2(CCC(C(=O)NCCc3ccncc3)CC2)Oc2ccccc2C1=O. The molecule has 1 fully saturated rings. The zero-order valence-corrected chi connectivity index (χ0v) is 16.8. The number of carbonyl (C=O) groups is 2. The molecule has 29 heavy (non-hydrogen) atoms. The number of fused-ring (bicyclic) bond motifs is 1. The van der Waals surface area contributed by atoms with Crippen molar-refractivity contribution in [2.24, 2.45) is 5.92 Å². The van der Waals surface area contributed by atoms with Gasteiger partial charge in [-0.3, -0.25) is 14.6 Å². The first-order chi connectivity index (χ1) is 14.1. The van der Waals surface area contributed by atoms with Gasteiger partial charge in [-0.05, 0) is 61.9 Å².